The topological polar surface area (TPSA) is 66.9 Å². The smallest absolute Gasteiger partial charge is 0.331 e. The van der Waals surface area contributed by atoms with E-state index in [2.05, 4.69) is 26.5 Å². The van der Waals surface area contributed by atoms with Gasteiger partial charge in [0, 0.05) is 24.3 Å². The Bertz CT molecular complexity index is 1300. The summed E-state index contributed by atoms with van der Waals surface area (Å²) in [5.74, 6) is -0.455. The van der Waals surface area contributed by atoms with Crippen LogP contribution in [0.2, 0.25) is 0 Å². The molecule has 3 aliphatic rings. The Hall–Kier alpha value is -3.28. The molecule has 7 heteroatoms. The highest BCUT2D eigenvalue weighted by Crippen LogP contribution is 2.53. The molecule has 2 atom stereocenters. The molecule has 39 heavy (non-hydrogen) atoms. The van der Waals surface area contributed by atoms with Crippen molar-refractivity contribution in [3.8, 4) is 0 Å². The molecule has 0 bridgehead atoms. The van der Waals surface area contributed by atoms with Gasteiger partial charge in [0.1, 0.15) is 11.4 Å². The Kier molecular flexibility index (Phi) is 7.25. The third kappa shape index (κ3) is 5.30. The summed E-state index contributed by atoms with van der Waals surface area (Å²) in [5, 5.41) is -0.274. The van der Waals surface area contributed by atoms with E-state index in [0.29, 0.717) is 18.5 Å². The average molecular weight is 545 g/mol. The van der Waals surface area contributed by atoms with E-state index in [1.807, 2.05) is 79.4 Å². The second kappa shape index (κ2) is 10.4. The first-order chi connectivity index (χ1) is 18.5. The molecule has 5 rings (SSSR count). The van der Waals surface area contributed by atoms with Gasteiger partial charge < -0.3 is 14.5 Å². The van der Waals surface area contributed by atoms with Gasteiger partial charge in [-0.1, -0.05) is 81.4 Å². The summed E-state index contributed by atoms with van der Waals surface area (Å²) in [7, 11) is 0. The van der Waals surface area contributed by atoms with Gasteiger partial charge in [0.15, 0.2) is 6.10 Å². The molecule has 2 aromatic carbocycles. The van der Waals surface area contributed by atoms with Crippen LogP contribution in [-0.2, 0) is 19.1 Å². The van der Waals surface area contributed by atoms with Gasteiger partial charge in [-0.15, -0.1) is 17.5 Å². The highest BCUT2D eigenvalue weighted by molar-refractivity contribution is 8.01. The number of hydrogen-bond acceptors (Lipinski definition) is 5. The van der Waals surface area contributed by atoms with Crippen LogP contribution in [0.5, 0.6) is 0 Å². The normalized spacial score (nSPS) is 22.1. The summed E-state index contributed by atoms with van der Waals surface area (Å²) < 4.78 is 5.64. The molecule has 0 saturated carbocycles. The molecular formula is C32H36N2O4S. The van der Waals surface area contributed by atoms with Crippen molar-refractivity contribution in [1.29, 1.82) is 0 Å². The fourth-order valence-corrected chi connectivity index (χ4v) is 6.97. The van der Waals surface area contributed by atoms with Gasteiger partial charge >= 0.3 is 5.97 Å². The van der Waals surface area contributed by atoms with Crippen molar-refractivity contribution >= 4 is 29.5 Å². The first-order valence-corrected chi connectivity index (χ1v) is 14.4. The number of amides is 2. The number of esters is 1. The summed E-state index contributed by atoms with van der Waals surface area (Å²) in [6, 6.07) is 18.6. The van der Waals surface area contributed by atoms with Crippen LogP contribution >= 0.6 is 11.8 Å². The Morgan fingerprint density at radius 2 is 1.64 bits per heavy atom. The van der Waals surface area contributed by atoms with Crippen molar-refractivity contribution in [1.82, 2.24) is 9.80 Å². The van der Waals surface area contributed by atoms with E-state index >= 15 is 0 Å². The zero-order chi connectivity index (χ0) is 27.9. The minimum absolute atomic E-state index is 0.149. The van der Waals surface area contributed by atoms with E-state index in [1.165, 1.54) is 0 Å². The molecular weight excluding hydrogens is 508 g/mol. The molecule has 0 N–H and O–H groups in total. The summed E-state index contributed by atoms with van der Waals surface area (Å²) in [6.07, 6.45) is 0.865. The second-order valence-corrected chi connectivity index (χ2v) is 13.7. The molecule has 3 heterocycles. The zero-order valence-electron chi connectivity index (χ0n) is 23.3. The molecule has 3 fully saturated rings. The van der Waals surface area contributed by atoms with Crippen LogP contribution in [0.25, 0.3) is 0 Å². The summed E-state index contributed by atoms with van der Waals surface area (Å²) in [6.45, 7) is 11.4. The lowest BCUT2D eigenvalue weighted by Gasteiger charge is -2.39. The minimum atomic E-state index is -0.723. The van der Waals surface area contributed by atoms with Crippen LogP contribution in [0.15, 0.2) is 77.5 Å². The number of nitrogens with zero attached hydrogens (tertiary/aromatic N) is 2. The maximum absolute atomic E-state index is 13.8. The van der Waals surface area contributed by atoms with Crippen molar-refractivity contribution in [3.05, 3.63) is 88.7 Å². The fraction of sp³-hybridized carbons (Fsp3) is 0.438. The number of thioether (sulfide) groups is 1. The molecule has 3 aliphatic heterocycles. The van der Waals surface area contributed by atoms with Gasteiger partial charge in [-0.2, -0.15) is 0 Å². The second-order valence-electron chi connectivity index (χ2n) is 12.0. The number of benzene rings is 2. The highest BCUT2D eigenvalue weighted by atomic mass is 32.2. The van der Waals surface area contributed by atoms with Crippen molar-refractivity contribution in [3.63, 3.8) is 0 Å². The first-order valence-electron chi connectivity index (χ1n) is 13.6. The molecule has 3 saturated heterocycles. The zero-order valence-corrected chi connectivity index (χ0v) is 24.1. The van der Waals surface area contributed by atoms with E-state index in [9.17, 15) is 14.4 Å². The van der Waals surface area contributed by atoms with Crippen molar-refractivity contribution in [2.75, 3.05) is 13.1 Å². The maximum Gasteiger partial charge on any atom is 0.331 e. The van der Waals surface area contributed by atoms with Crippen LogP contribution in [0, 0.1) is 5.41 Å². The molecule has 0 spiro atoms. The van der Waals surface area contributed by atoms with Gasteiger partial charge in [-0.25, -0.2) is 4.79 Å². The number of fused-ring (bicyclic) bond motifs is 1. The number of hydrogen-bond donors (Lipinski definition) is 0. The molecule has 2 aromatic rings. The van der Waals surface area contributed by atoms with Gasteiger partial charge in [-0.3, -0.25) is 9.59 Å². The third-order valence-electron chi connectivity index (χ3n) is 7.69. The Balaban J connectivity index is 1.44. The molecule has 2 amide bonds. The lowest BCUT2D eigenvalue weighted by atomic mass is 9.85. The van der Waals surface area contributed by atoms with Crippen LogP contribution < -0.4 is 0 Å². The first kappa shape index (κ1) is 27.3. The number of carbonyl (C=O) groups is 3. The largest absolute Gasteiger partial charge is 0.451 e. The van der Waals surface area contributed by atoms with E-state index in [0.717, 1.165) is 29.7 Å². The van der Waals surface area contributed by atoms with Crippen LogP contribution in [0.3, 0.4) is 0 Å². The fourth-order valence-electron chi connectivity index (χ4n) is 5.45. The average Bonchev–Trinajstić information content (AvgIpc) is 3.42. The van der Waals surface area contributed by atoms with Crippen LogP contribution in [0.1, 0.15) is 64.7 Å². The van der Waals surface area contributed by atoms with Crippen molar-refractivity contribution in [2.24, 2.45) is 5.41 Å². The summed E-state index contributed by atoms with van der Waals surface area (Å²) in [4.78, 5) is 43.2. The van der Waals surface area contributed by atoms with Gasteiger partial charge in [0.2, 0.25) is 5.91 Å². The molecule has 0 aromatic heterocycles. The highest BCUT2D eigenvalue weighted by Gasteiger charge is 2.62. The summed E-state index contributed by atoms with van der Waals surface area (Å²) in [5.41, 5.74) is 6.42. The Labute approximate surface area is 235 Å². The van der Waals surface area contributed by atoms with Gasteiger partial charge in [0.25, 0.3) is 5.91 Å². The Morgan fingerprint density at radius 1 is 1.05 bits per heavy atom. The van der Waals surface area contributed by atoms with Crippen LogP contribution in [-0.4, -0.2) is 56.8 Å². The predicted molar refractivity (Wildman–Crippen MR) is 153 cm³/mol. The molecule has 6 nitrogen and oxygen atoms in total. The van der Waals surface area contributed by atoms with Gasteiger partial charge in [-0.05, 0) is 42.4 Å². The van der Waals surface area contributed by atoms with Gasteiger partial charge in [0.05, 0.1) is 5.57 Å². The maximum atomic E-state index is 13.8. The number of β-lactam (4-membered cyclic amide) rings is 1. The van der Waals surface area contributed by atoms with E-state index in [-0.39, 0.29) is 22.6 Å². The Morgan fingerprint density at radius 3 is 2.15 bits per heavy atom. The standard InChI is InChI=1S/C32H36N2O4S/c1-31(2,3)23(20-33-18-12-17-25(33)35)19-24-28(36)34-27(32(4,5)39-29(24)34)30(37)38-26(21-13-8-6-9-14-21)22-15-10-7-11-16-22/h6-11,13-16,26-27,29H,12,17-18,20H2,1-5H3/t19?,27-,29+/m0/s1. The molecule has 0 unspecified atom stereocenters. The SMILES string of the molecule is CC(C)(C)C(=C=C1C(=O)N2[C@@H]1SC(C)(C)[C@@H]2C(=O)OC(c1ccccc1)c1ccccc1)CN1CCCC1=O. The van der Waals surface area contributed by atoms with Crippen LogP contribution in [0.4, 0.5) is 0 Å². The number of rotatable bonds is 6. The van der Waals surface area contributed by atoms with Crippen molar-refractivity contribution in [2.45, 2.75) is 69.7 Å². The molecule has 0 radical (unpaired) electrons. The lowest BCUT2D eigenvalue weighted by molar-refractivity contribution is -0.160. The monoisotopic (exact) mass is 544 g/mol. The number of likely N-dealkylation sites (tertiary alicyclic amines) is 1. The predicted octanol–water partition coefficient (Wildman–Crippen LogP) is 5.50. The number of carbonyl (C=O) groups excluding carboxylic acids is 3. The van der Waals surface area contributed by atoms with E-state index in [4.69, 9.17) is 4.74 Å². The lowest BCUT2D eigenvalue weighted by Crippen LogP contribution is -2.58. The van der Waals surface area contributed by atoms with Crippen molar-refractivity contribution < 1.29 is 19.1 Å². The molecule has 0 aliphatic carbocycles. The minimum Gasteiger partial charge on any atom is -0.451 e. The summed E-state index contributed by atoms with van der Waals surface area (Å²) >= 11 is 1.59. The quantitative estimate of drug-likeness (QED) is 0.208. The number of ether oxygens (including phenoxy) is 1. The third-order valence-corrected chi connectivity index (χ3v) is 9.21. The molecule has 204 valence electrons. The van der Waals surface area contributed by atoms with E-state index < -0.39 is 22.9 Å². The van der Waals surface area contributed by atoms with E-state index in [1.54, 1.807) is 16.7 Å².